The topological polar surface area (TPSA) is 64.7 Å². The second-order valence-electron chi connectivity index (χ2n) is 7.94. The van der Waals surface area contributed by atoms with Crippen molar-refractivity contribution in [1.29, 1.82) is 0 Å². The third-order valence-corrected chi connectivity index (χ3v) is 5.59. The Morgan fingerprint density at radius 1 is 0.839 bits per heavy atom. The monoisotopic (exact) mass is 413 g/mol. The molecule has 0 bridgehead atoms. The van der Waals surface area contributed by atoms with Gasteiger partial charge in [-0.15, -0.1) is 0 Å². The molecule has 0 radical (unpaired) electrons. The van der Waals surface area contributed by atoms with Crippen LogP contribution < -0.4 is 5.32 Å². The fourth-order valence-electron chi connectivity index (χ4n) is 3.87. The van der Waals surface area contributed by atoms with E-state index in [0.717, 1.165) is 28.5 Å². The van der Waals surface area contributed by atoms with Crippen molar-refractivity contribution >= 4 is 11.6 Å². The van der Waals surface area contributed by atoms with Crippen molar-refractivity contribution in [3.8, 4) is 5.69 Å². The molecular formula is C25H27N5O. The zero-order valence-electron chi connectivity index (χ0n) is 18.6. The number of para-hydroxylation sites is 1. The lowest BCUT2D eigenvalue weighted by Crippen LogP contribution is -2.15. The number of hydrogen-bond donors (Lipinski definition) is 1. The molecule has 0 aliphatic heterocycles. The summed E-state index contributed by atoms with van der Waals surface area (Å²) in [7, 11) is 0. The molecule has 1 N–H and O–H groups in total. The van der Waals surface area contributed by atoms with Crippen LogP contribution in [0.4, 0.5) is 5.69 Å². The first-order chi connectivity index (χ1) is 14.8. The van der Waals surface area contributed by atoms with Crippen LogP contribution in [0.5, 0.6) is 0 Å². The maximum absolute atomic E-state index is 13.2. The highest BCUT2D eigenvalue weighted by Crippen LogP contribution is 2.24. The van der Waals surface area contributed by atoms with E-state index in [1.807, 2.05) is 67.4 Å². The fourth-order valence-corrected chi connectivity index (χ4v) is 3.87. The highest BCUT2D eigenvalue weighted by molar-refractivity contribution is 6.06. The minimum Gasteiger partial charge on any atom is -0.319 e. The predicted octanol–water partition coefficient (Wildman–Crippen LogP) is 4.91. The number of benzene rings is 2. The summed E-state index contributed by atoms with van der Waals surface area (Å²) in [6.45, 7) is 10.4. The number of nitrogens with zero attached hydrogens (tertiary/aromatic N) is 4. The molecule has 6 heteroatoms. The summed E-state index contributed by atoms with van der Waals surface area (Å²) in [4.78, 5) is 13.2. The number of hydrogen-bond acceptors (Lipinski definition) is 3. The summed E-state index contributed by atoms with van der Waals surface area (Å²) in [6.07, 6.45) is 0. The highest BCUT2D eigenvalue weighted by Gasteiger charge is 2.22. The normalized spacial score (nSPS) is 11.0. The molecule has 6 nitrogen and oxygen atoms in total. The van der Waals surface area contributed by atoms with Crippen molar-refractivity contribution in [2.45, 2.75) is 41.2 Å². The summed E-state index contributed by atoms with van der Waals surface area (Å²) in [6, 6.07) is 18.2. The van der Waals surface area contributed by atoms with Gasteiger partial charge in [0.25, 0.3) is 5.91 Å². The summed E-state index contributed by atoms with van der Waals surface area (Å²) < 4.78 is 3.74. The number of nitrogens with one attached hydrogen (secondary N) is 1. The first-order valence-electron chi connectivity index (χ1n) is 10.4. The third kappa shape index (κ3) is 4.01. The molecule has 4 rings (SSSR count). The third-order valence-electron chi connectivity index (χ3n) is 5.59. The Morgan fingerprint density at radius 3 is 2.19 bits per heavy atom. The van der Waals surface area contributed by atoms with Gasteiger partial charge in [0, 0.05) is 0 Å². The summed E-state index contributed by atoms with van der Waals surface area (Å²) in [5.74, 6) is -0.168. The fraction of sp³-hybridized carbons (Fsp3) is 0.240. The van der Waals surface area contributed by atoms with E-state index in [0.29, 0.717) is 17.8 Å². The van der Waals surface area contributed by atoms with Crippen LogP contribution in [0.3, 0.4) is 0 Å². The standard InChI is InChI=1S/C25H27N5O/c1-16-11-13-21(14-12-16)15-29-20(5)24(18(3)27-29)26-25(31)23-17(2)28-30(19(23)4)22-9-7-6-8-10-22/h6-14H,15H2,1-5H3,(H,26,31). The van der Waals surface area contributed by atoms with Gasteiger partial charge in [0.05, 0.1) is 46.3 Å². The Hall–Kier alpha value is -3.67. The molecular weight excluding hydrogens is 386 g/mol. The number of rotatable bonds is 5. The summed E-state index contributed by atoms with van der Waals surface area (Å²) >= 11 is 0. The van der Waals surface area contributed by atoms with Crippen molar-refractivity contribution in [3.63, 3.8) is 0 Å². The van der Waals surface area contributed by atoms with Gasteiger partial charge in [-0.1, -0.05) is 48.0 Å². The molecule has 4 aromatic rings. The minimum atomic E-state index is -0.168. The first-order valence-corrected chi connectivity index (χ1v) is 10.4. The van der Waals surface area contributed by atoms with Crippen molar-refractivity contribution in [1.82, 2.24) is 19.6 Å². The van der Waals surface area contributed by atoms with E-state index in [1.165, 1.54) is 11.1 Å². The molecule has 2 aromatic heterocycles. The van der Waals surface area contributed by atoms with Crippen molar-refractivity contribution < 1.29 is 4.79 Å². The predicted molar refractivity (Wildman–Crippen MR) is 123 cm³/mol. The molecule has 0 fully saturated rings. The van der Waals surface area contributed by atoms with Crippen LogP contribution in [0.25, 0.3) is 5.69 Å². The molecule has 0 saturated heterocycles. The second kappa shape index (κ2) is 8.22. The molecule has 0 atom stereocenters. The van der Waals surface area contributed by atoms with E-state index < -0.39 is 0 Å². The van der Waals surface area contributed by atoms with Crippen LogP contribution >= 0.6 is 0 Å². The van der Waals surface area contributed by atoms with Gasteiger partial charge in [-0.3, -0.25) is 9.48 Å². The van der Waals surface area contributed by atoms with E-state index in [9.17, 15) is 4.79 Å². The van der Waals surface area contributed by atoms with Crippen molar-refractivity contribution in [2.24, 2.45) is 0 Å². The molecule has 0 aliphatic carbocycles. The number of amides is 1. The van der Waals surface area contributed by atoms with Crippen molar-refractivity contribution in [2.75, 3.05) is 5.32 Å². The van der Waals surface area contributed by atoms with Crippen molar-refractivity contribution in [3.05, 3.63) is 94.1 Å². The Labute approximate surface area is 182 Å². The molecule has 0 aliphatic rings. The Balaban J connectivity index is 1.60. The lowest BCUT2D eigenvalue weighted by atomic mass is 10.1. The highest BCUT2D eigenvalue weighted by atomic mass is 16.1. The van der Waals surface area contributed by atoms with E-state index in [4.69, 9.17) is 0 Å². The van der Waals surface area contributed by atoms with Crippen LogP contribution in [0.2, 0.25) is 0 Å². The van der Waals surface area contributed by atoms with Crippen LogP contribution in [-0.4, -0.2) is 25.5 Å². The number of aryl methyl sites for hydroxylation is 3. The Morgan fingerprint density at radius 2 is 1.52 bits per heavy atom. The van der Waals surface area contributed by atoms with Crippen LogP contribution in [0, 0.1) is 34.6 Å². The molecule has 31 heavy (non-hydrogen) atoms. The van der Waals surface area contributed by atoms with Gasteiger partial charge in [-0.05, 0) is 52.3 Å². The van der Waals surface area contributed by atoms with E-state index in [1.54, 1.807) is 0 Å². The lowest BCUT2D eigenvalue weighted by Gasteiger charge is -2.08. The number of anilines is 1. The van der Waals surface area contributed by atoms with Gasteiger partial charge in [0.2, 0.25) is 0 Å². The molecule has 0 saturated carbocycles. The quantitative estimate of drug-likeness (QED) is 0.505. The molecule has 2 aromatic carbocycles. The molecule has 158 valence electrons. The van der Waals surface area contributed by atoms with Crippen LogP contribution in [0.1, 0.15) is 44.3 Å². The van der Waals surface area contributed by atoms with E-state index >= 15 is 0 Å². The average molecular weight is 414 g/mol. The molecule has 2 heterocycles. The van der Waals surface area contributed by atoms with Crippen LogP contribution in [0.15, 0.2) is 54.6 Å². The largest absolute Gasteiger partial charge is 0.319 e. The van der Waals surface area contributed by atoms with E-state index in [2.05, 4.69) is 46.7 Å². The second-order valence-corrected chi connectivity index (χ2v) is 7.94. The van der Waals surface area contributed by atoms with Gasteiger partial charge in [0.15, 0.2) is 0 Å². The maximum Gasteiger partial charge on any atom is 0.259 e. The Bertz CT molecular complexity index is 1230. The first kappa shape index (κ1) is 20.6. The van der Waals surface area contributed by atoms with Gasteiger partial charge in [-0.2, -0.15) is 10.2 Å². The summed E-state index contributed by atoms with van der Waals surface area (Å²) in [5.41, 5.74) is 7.90. The molecule has 1 amide bonds. The van der Waals surface area contributed by atoms with Crippen LogP contribution in [-0.2, 0) is 6.54 Å². The SMILES string of the molecule is Cc1ccc(Cn2nc(C)c(NC(=O)c3c(C)nn(-c4ccccc4)c3C)c2C)cc1. The number of aromatic nitrogens is 4. The maximum atomic E-state index is 13.2. The van der Waals surface area contributed by atoms with Gasteiger partial charge in [-0.25, -0.2) is 4.68 Å². The summed E-state index contributed by atoms with van der Waals surface area (Å²) in [5, 5.41) is 12.3. The molecule has 0 unspecified atom stereocenters. The van der Waals surface area contributed by atoms with Gasteiger partial charge in [0.1, 0.15) is 0 Å². The molecule has 0 spiro atoms. The average Bonchev–Trinajstić information content (AvgIpc) is 3.20. The number of carbonyl (C=O) groups excluding carboxylic acids is 1. The smallest absolute Gasteiger partial charge is 0.259 e. The zero-order valence-corrected chi connectivity index (χ0v) is 18.6. The zero-order chi connectivity index (χ0) is 22.1. The van der Waals surface area contributed by atoms with Gasteiger partial charge >= 0.3 is 0 Å². The lowest BCUT2D eigenvalue weighted by molar-refractivity contribution is 0.102. The minimum absolute atomic E-state index is 0.168. The van der Waals surface area contributed by atoms with E-state index in [-0.39, 0.29) is 5.91 Å². The van der Waals surface area contributed by atoms with Gasteiger partial charge < -0.3 is 5.32 Å². The number of carbonyl (C=O) groups is 1. The Kier molecular flexibility index (Phi) is 5.46.